The Bertz CT molecular complexity index is 1190. The van der Waals surface area contributed by atoms with E-state index < -0.39 is 11.6 Å². The first-order valence-corrected chi connectivity index (χ1v) is 17.0. The molecule has 1 aliphatic carbocycles. The Balaban J connectivity index is 1.42. The molecule has 10 nitrogen and oxygen atoms in total. The smallest absolute Gasteiger partial charge is 0.410 e. The van der Waals surface area contributed by atoms with Gasteiger partial charge in [-0.3, -0.25) is 4.79 Å². The molecule has 3 aliphatic rings. The molecular weight excluding hydrogens is 582 g/mol. The third kappa shape index (κ3) is 8.46. The van der Waals surface area contributed by atoms with Crippen molar-refractivity contribution in [2.45, 2.75) is 123 Å². The molecule has 3 fully saturated rings. The number of rotatable bonds is 5. The molecule has 0 atom stereocenters. The van der Waals surface area contributed by atoms with Crippen LogP contribution in [0.3, 0.4) is 0 Å². The van der Waals surface area contributed by atoms with Crippen molar-refractivity contribution in [3.05, 3.63) is 15.8 Å². The van der Waals surface area contributed by atoms with Crippen LogP contribution in [-0.4, -0.2) is 82.9 Å². The summed E-state index contributed by atoms with van der Waals surface area (Å²) in [5.74, 6) is -0.542. The van der Waals surface area contributed by atoms with Crippen LogP contribution in [-0.2, 0) is 19.7 Å². The van der Waals surface area contributed by atoms with Gasteiger partial charge in [0.1, 0.15) is 16.6 Å². The molecule has 3 heterocycles. The molecule has 2 aliphatic heterocycles. The number of hydrogen-bond acceptors (Lipinski definition) is 7. The van der Waals surface area contributed by atoms with Crippen LogP contribution in [0, 0.1) is 11.8 Å². The number of piperidine rings is 2. The molecule has 0 radical (unpaired) electrons. The monoisotopic (exact) mass is 633 g/mol. The second-order valence-corrected chi connectivity index (χ2v) is 15.9. The van der Waals surface area contributed by atoms with Crippen LogP contribution in [0.1, 0.15) is 114 Å². The summed E-state index contributed by atoms with van der Waals surface area (Å²) in [6, 6.07) is 1.70. The van der Waals surface area contributed by atoms with Gasteiger partial charge in [0, 0.05) is 55.9 Å². The minimum Gasteiger partial charge on any atom is -0.477 e. The van der Waals surface area contributed by atoms with Gasteiger partial charge in [0.05, 0.1) is 5.69 Å². The molecule has 246 valence electrons. The highest BCUT2D eigenvalue weighted by atomic mass is 32.1. The maximum Gasteiger partial charge on any atom is 0.410 e. The maximum atomic E-state index is 14.2. The zero-order chi connectivity index (χ0) is 32.4. The van der Waals surface area contributed by atoms with Gasteiger partial charge >= 0.3 is 18.2 Å². The summed E-state index contributed by atoms with van der Waals surface area (Å²) < 4.78 is 11.3. The normalized spacial score (nSPS) is 22.4. The molecule has 44 heavy (non-hydrogen) atoms. The SMILES string of the molecule is CC1CCC(C(=O)N(c2cc(C(C)(C)C)sc2C(=O)O)C2CCN(C(=O)OC3CCN(C(=O)OC(C)(C)C)CC3)CC2)CC1. The molecule has 0 aromatic carbocycles. The van der Waals surface area contributed by atoms with Crippen LogP contribution in [0.5, 0.6) is 0 Å². The van der Waals surface area contributed by atoms with E-state index in [9.17, 15) is 24.3 Å². The van der Waals surface area contributed by atoms with Crippen LogP contribution in [0.2, 0.25) is 0 Å². The van der Waals surface area contributed by atoms with Gasteiger partial charge in [-0.05, 0) is 76.7 Å². The van der Waals surface area contributed by atoms with E-state index in [1.165, 1.54) is 11.3 Å². The zero-order valence-electron chi connectivity index (χ0n) is 27.5. The van der Waals surface area contributed by atoms with Crippen LogP contribution < -0.4 is 4.90 Å². The van der Waals surface area contributed by atoms with Crippen LogP contribution in [0.4, 0.5) is 15.3 Å². The van der Waals surface area contributed by atoms with E-state index in [0.29, 0.717) is 63.5 Å². The fourth-order valence-corrected chi connectivity index (χ4v) is 7.33. The lowest BCUT2D eigenvalue weighted by molar-refractivity contribution is -0.124. The van der Waals surface area contributed by atoms with Crippen molar-refractivity contribution >= 4 is 41.1 Å². The third-order valence-electron chi connectivity index (χ3n) is 8.96. The zero-order valence-corrected chi connectivity index (χ0v) is 28.3. The molecule has 3 amide bonds. The number of amides is 3. The Morgan fingerprint density at radius 2 is 1.39 bits per heavy atom. The first kappa shape index (κ1) is 34.1. The topological polar surface area (TPSA) is 117 Å². The van der Waals surface area contributed by atoms with Gasteiger partial charge in [-0.1, -0.05) is 27.7 Å². The molecule has 1 aromatic heterocycles. The number of hydrogen-bond donors (Lipinski definition) is 1. The summed E-state index contributed by atoms with van der Waals surface area (Å²) in [5, 5.41) is 10.2. The highest BCUT2D eigenvalue weighted by Crippen LogP contribution is 2.41. The number of likely N-dealkylation sites (tertiary alicyclic amines) is 2. The van der Waals surface area contributed by atoms with Gasteiger partial charge in [-0.2, -0.15) is 0 Å². The fourth-order valence-electron chi connectivity index (χ4n) is 6.29. The van der Waals surface area contributed by atoms with Crippen LogP contribution in [0.15, 0.2) is 6.07 Å². The molecule has 0 spiro atoms. The Labute approximate surface area is 266 Å². The Kier molecular flexibility index (Phi) is 10.6. The first-order valence-electron chi connectivity index (χ1n) is 16.2. The number of anilines is 1. The number of carbonyl (C=O) groups excluding carboxylic acids is 3. The quantitative estimate of drug-likeness (QED) is 0.375. The van der Waals surface area contributed by atoms with E-state index in [4.69, 9.17) is 9.47 Å². The predicted octanol–water partition coefficient (Wildman–Crippen LogP) is 6.90. The molecule has 0 bridgehead atoms. The van der Waals surface area contributed by atoms with Gasteiger partial charge in [0.2, 0.25) is 5.91 Å². The lowest BCUT2D eigenvalue weighted by Crippen LogP contribution is -2.51. The molecule has 1 aromatic rings. The van der Waals surface area contributed by atoms with E-state index in [1.54, 1.807) is 14.7 Å². The summed E-state index contributed by atoms with van der Waals surface area (Å²) in [6.07, 6.45) is 4.80. The Morgan fingerprint density at radius 3 is 1.91 bits per heavy atom. The van der Waals surface area contributed by atoms with Gasteiger partial charge in [-0.15, -0.1) is 11.3 Å². The van der Waals surface area contributed by atoms with Crippen LogP contribution in [0.25, 0.3) is 0 Å². The van der Waals surface area contributed by atoms with Gasteiger partial charge in [-0.25, -0.2) is 14.4 Å². The summed E-state index contributed by atoms with van der Waals surface area (Å²) in [4.78, 5) is 58.3. The second kappa shape index (κ2) is 13.7. The van der Waals surface area contributed by atoms with Crippen LogP contribution >= 0.6 is 11.3 Å². The Morgan fingerprint density at radius 1 is 0.841 bits per heavy atom. The summed E-state index contributed by atoms with van der Waals surface area (Å²) in [6.45, 7) is 15.7. The molecule has 4 rings (SSSR count). The highest BCUT2D eigenvalue weighted by molar-refractivity contribution is 7.14. The average molecular weight is 634 g/mol. The summed E-state index contributed by atoms with van der Waals surface area (Å²) in [7, 11) is 0. The number of nitrogens with zero attached hydrogens (tertiary/aromatic N) is 3. The standard InChI is InChI=1S/C33H51N3O7S/c1-21-8-10-22(11-9-21)28(37)36(25-20-26(32(2,3)4)44-27(25)29(38)39)23-12-16-34(17-13-23)30(40)42-24-14-18-35(19-15-24)31(41)43-33(5,6)7/h20-24H,8-19H2,1-7H3,(H,38,39). The number of carbonyl (C=O) groups is 4. The van der Waals surface area contributed by atoms with E-state index in [0.717, 1.165) is 30.6 Å². The Hall–Kier alpha value is -2.82. The molecule has 11 heteroatoms. The van der Waals surface area contributed by atoms with Crippen molar-refractivity contribution in [1.29, 1.82) is 0 Å². The van der Waals surface area contributed by atoms with Crippen molar-refractivity contribution in [2.75, 3.05) is 31.1 Å². The first-order chi connectivity index (χ1) is 20.5. The lowest BCUT2D eigenvalue weighted by Gasteiger charge is -2.41. The second-order valence-electron chi connectivity index (χ2n) is 14.8. The summed E-state index contributed by atoms with van der Waals surface area (Å²) in [5.41, 5.74) is -0.318. The van der Waals surface area contributed by atoms with E-state index in [1.807, 2.05) is 26.8 Å². The number of ether oxygens (including phenoxy) is 2. The van der Waals surface area contributed by atoms with E-state index in [-0.39, 0.29) is 46.4 Å². The van der Waals surface area contributed by atoms with Crippen molar-refractivity contribution < 1.29 is 33.8 Å². The van der Waals surface area contributed by atoms with Crippen molar-refractivity contribution in [3.63, 3.8) is 0 Å². The predicted molar refractivity (Wildman–Crippen MR) is 170 cm³/mol. The fraction of sp³-hybridized carbons (Fsp3) is 0.758. The number of aromatic carboxylic acids is 1. The number of carboxylic acid groups (broad SMARTS) is 1. The summed E-state index contributed by atoms with van der Waals surface area (Å²) >= 11 is 1.25. The van der Waals surface area contributed by atoms with Crippen molar-refractivity contribution in [2.24, 2.45) is 11.8 Å². The highest BCUT2D eigenvalue weighted by Gasteiger charge is 2.39. The molecular formula is C33H51N3O7S. The molecule has 0 unspecified atom stereocenters. The maximum absolute atomic E-state index is 14.2. The van der Waals surface area contributed by atoms with Crippen molar-refractivity contribution in [3.8, 4) is 0 Å². The number of thiophene rings is 1. The minimum absolute atomic E-state index is 0.00966. The molecule has 2 saturated heterocycles. The third-order valence-corrected chi connectivity index (χ3v) is 10.5. The molecule has 1 saturated carbocycles. The minimum atomic E-state index is -1.02. The lowest BCUT2D eigenvalue weighted by atomic mass is 9.82. The van der Waals surface area contributed by atoms with Crippen molar-refractivity contribution in [1.82, 2.24) is 9.80 Å². The largest absolute Gasteiger partial charge is 0.477 e. The van der Waals surface area contributed by atoms with Gasteiger partial charge in [0.25, 0.3) is 0 Å². The average Bonchev–Trinajstić information content (AvgIpc) is 3.39. The molecule has 1 N–H and O–H groups in total. The van der Waals surface area contributed by atoms with Gasteiger partial charge < -0.3 is 29.3 Å². The van der Waals surface area contributed by atoms with Gasteiger partial charge in [0.15, 0.2) is 0 Å². The number of carboxylic acids is 1. The van der Waals surface area contributed by atoms with E-state index in [2.05, 4.69) is 27.7 Å². The van der Waals surface area contributed by atoms with E-state index >= 15 is 0 Å².